The van der Waals surface area contributed by atoms with E-state index < -0.39 is 19.0 Å². The Morgan fingerprint density at radius 1 is 1.44 bits per heavy atom. The van der Waals surface area contributed by atoms with Crippen molar-refractivity contribution in [3.63, 3.8) is 0 Å². The van der Waals surface area contributed by atoms with Crippen molar-refractivity contribution in [2.75, 3.05) is 6.61 Å². The van der Waals surface area contributed by atoms with Crippen molar-refractivity contribution in [1.82, 2.24) is 10.2 Å². The number of hydrogen-bond acceptors (Lipinski definition) is 4. The van der Waals surface area contributed by atoms with Crippen molar-refractivity contribution < 1.29 is 22.3 Å². The number of rotatable bonds is 5. The zero-order valence-electron chi connectivity index (χ0n) is 8.04. The lowest BCUT2D eigenvalue weighted by Crippen LogP contribution is -2.34. The molecule has 2 N–H and O–H groups in total. The first kappa shape index (κ1) is 12.6. The molecule has 0 amide bonds. The lowest BCUT2D eigenvalue weighted by atomic mass is 10.3. The highest BCUT2D eigenvalue weighted by atomic mass is 19.3. The van der Waals surface area contributed by atoms with E-state index in [2.05, 4.69) is 14.9 Å². The number of alkyl halides is 4. The van der Waals surface area contributed by atoms with Gasteiger partial charge in [-0.3, -0.25) is 0 Å². The second kappa shape index (κ2) is 5.06. The maximum Gasteiger partial charge on any atom is 0.340 e. The van der Waals surface area contributed by atoms with Crippen molar-refractivity contribution in [3.05, 3.63) is 17.8 Å². The van der Waals surface area contributed by atoms with Crippen LogP contribution >= 0.6 is 0 Å². The van der Waals surface area contributed by atoms with Crippen LogP contribution in [0.2, 0.25) is 0 Å². The first-order valence-corrected chi connectivity index (χ1v) is 4.27. The van der Waals surface area contributed by atoms with Crippen molar-refractivity contribution in [1.29, 1.82) is 0 Å². The minimum Gasteiger partial charge on any atom is -0.470 e. The third-order valence-electron chi connectivity index (χ3n) is 1.71. The lowest BCUT2D eigenvalue weighted by Gasteiger charge is -2.16. The Hall–Kier alpha value is -1.44. The van der Waals surface area contributed by atoms with Gasteiger partial charge in [0.05, 0.1) is 6.20 Å². The molecule has 0 saturated heterocycles. The molecule has 0 unspecified atom stereocenters. The molecule has 0 aromatic carbocycles. The van der Waals surface area contributed by atoms with E-state index >= 15 is 0 Å². The number of halogens is 4. The Morgan fingerprint density at radius 3 is 2.69 bits per heavy atom. The van der Waals surface area contributed by atoms with Crippen molar-refractivity contribution in [2.24, 2.45) is 5.73 Å². The largest absolute Gasteiger partial charge is 0.470 e. The van der Waals surface area contributed by atoms with E-state index in [0.29, 0.717) is 5.56 Å². The molecule has 1 aromatic rings. The van der Waals surface area contributed by atoms with E-state index in [1.54, 1.807) is 0 Å². The van der Waals surface area contributed by atoms with Gasteiger partial charge in [-0.15, -0.1) is 5.10 Å². The average molecular weight is 239 g/mol. The molecule has 0 aliphatic rings. The molecule has 4 nitrogen and oxygen atoms in total. The highest BCUT2D eigenvalue weighted by Crippen LogP contribution is 2.24. The first-order chi connectivity index (χ1) is 7.47. The first-order valence-electron chi connectivity index (χ1n) is 4.27. The molecule has 0 radical (unpaired) electrons. The highest BCUT2D eigenvalue weighted by Gasteiger charge is 2.42. The van der Waals surface area contributed by atoms with Crippen LogP contribution in [-0.2, 0) is 6.54 Å². The highest BCUT2D eigenvalue weighted by molar-refractivity contribution is 5.22. The van der Waals surface area contributed by atoms with Gasteiger partial charge in [-0.25, -0.2) is 8.78 Å². The monoisotopic (exact) mass is 239 g/mol. The van der Waals surface area contributed by atoms with Crippen LogP contribution in [0.4, 0.5) is 17.6 Å². The molecule has 0 bridgehead atoms. The Kier molecular flexibility index (Phi) is 3.99. The Labute approximate surface area is 88.4 Å². The average Bonchev–Trinajstić information content (AvgIpc) is 2.26. The third-order valence-corrected chi connectivity index (χ3v) is 1.71. The molecule has 0 atom stereocenters. The van der Waals surface area contributed by atoms with Gasteiger partial charge in [0.15, 0.2) is 6.61 Å². The van der Waals surface area contributed by atoms with E-state index in [9.17, 15) is 17.6 Å². The van der Waals surface area contributed by atoms with Gasteiger partial charge in [0.1, 0.15) is 0 Å². The summed E-state index contributed by atoms with van der Waals surface area (Å²) < 4.78 is 53.1. The zero-order chi connectivity index (χ0) is 12.2. The van der Waals surface area contributed by atoms with Crippen molar-refractivity contribution in [3.8, 4) is 5.88 Å². The molecule has 0 aliphatic carbocycles. The molecule has 16 heavy (non-hydrogen) atoms. The van der Waals surface area contributed by atoms with Crippen LogP contribution < -0.4 is 10.5 Å². The Bertz CT molecular complexity index is 348. The Morgan fingerprint density at radius 2 is 2.12 bits per heavy atom. The fourth-order valence-corrected chi connectivity index (χ4v) is 0.849. The standard InChI is InChI=1S/C8H9F4N3O/c9-7(10)8(11,12)4-16-6-5(3-13)1-2-14-15-6/h1-2,7H,3-4,13H2. The molecule has 1 rings (SSSR count). The second-order valence-corrected chi connectivity index (χ2v) is 2.92. The summed E-state index contributed by atoms with van der Waals surface area (Å²) in [6.45, 7) is -1.47. The minimum absolute atomic E-state index is 0.00883. The van der Waals surface area contributed by atoms with Gasteiger partial charge >= 0.3 is 12.3 Å². The van der Waals surface area contributed by atoms with Crippen LogP contribution in [0.5, 0.6) is 5.88 Å². The predicted octanol–water partition coefficient (Wildman–Crippen LogP) is 1.21. The summed E-state index contributed by atoms with van der Waals surface area (Å²) in [7, 11) is 0. The van der Waals surface area contributed by atoms with Gasteiger partial charge in [-0.1, -0.05) is 0 Å². The summed E-state index contributed by atoms with van der Waals surface area (Å²) in [6.07, 6.45) is -2.49. The minimum atomic E-state index is -4.22. The van der Waals surface area contributed by atoms with E-state index in [0.717, 1.165) is 0 Å². The van der Waals surface area contributed by atoms with Crippen LogP contribution in [0.3, 0.4) is 0 Å². The second-order valence-electron chi connectivity index (χ2n) is 2.92. The quantitative estimate of drug-likeness (QED) is 0.784. The lowest BCUT2D eigenvalue weighted by molar-refractivity contribution is -0.148. The van der Waals surface area contributed by atoms with E-state index in [-0.39, 0.29) is 12.4 Å². The summed E-state index contributed by atoms with van der Waals surface area (Å²) in [4.78, 5) is 0. The third kappa shape index (κ3) is 3.02. The summed E-state index contributed by atoms with van der Waals surface area (Å²) in [5.74, 6) is -4.48. The number of hydrogen-bond donors (Lipinski definition) is 1. The summed E-state index contributed by atoms with van der Waals surface area (Å²) in [5.41, 5.74) is 5.59. The van der Waals surface area contributed by atoms with E-state index in [1.165, 1.54) is 12.3 Å². The fourth-order valence-electron chi connectivity index (χ4n) is 0.849. The summed E-state index contributed by atoms with van der Waals surface area (Å²) >= 11 is 0. The van der Waals surface area contributed by atoms with E-state index in [4.69, 9.17) is 5.73 Å². The smallest absolute Gasteiger partial charge is 0.340 e. The van der Waals surface area contributed by atoms with Crippen LogP contribution in [0.1, 0.15) is 5.56 Å². The normalized spacial score (nSPS) is 11.9. The molecule has 0 spiro atoms. The number of aromatic nitrogens is 2. The van der Waals surface area contributed by atoms with Crippen molar-refractivity contribution >= 4 is 0 Å². The van der Waals surface area contributed by atoms with Crippen molar-refractivity contribution in [2.45, 2.75) is 18.9 Å². The number of nitrogens with two attached hydrogens (primary N) is 1. The van der Waals surface area contributed by atoms with Gasteiger partial charge in [0.25, 0.3) is 0 Å². The van der Waals surface area contributed by atoms with Gasteiger partial charge in [-0.2, -0.15) is 13.9 Å². The number of nitrogens with zero attached hydrogens (tertiary/aromatic N) is 2. The topological polar surface area (TPSA) is 61.0 Å². The zero-order valence-corrected chi connectivity index (χ0v) is 8.04. The maximum absolute atomic E-state index is 12.5. The van der Waals surface area contributed by atoms with Crippen LogP contribution in [0.15, 0.2) is 12.3 Å². The maximum atomic E-state index is 12.5. The molecule has 90 valence electrons. The molecule has 1 aromatic heterocycles. The van der Waals surface area contributed by atoms with Gasteiger partial charge in [0.2, 0.25) is 5.88 Å². The van der Waals surface area contributed by atoms with E-state index in [1.807, 2.05) is 0 Å². The molecule has 0 fully saturated rings. The van der Waals surface area contributed by atoms with Crippen LogP contribution in [-0.4, -0.2) is 29.2 Å². The molecule has 0 saturated carbocycles. The number of ether oxygens (including phenoxy) is 1. The predicted molar refractivity (Wildman–Crippen MR) is 46.4 cm³/mol. The van der Waals surface area contributed by atoms with Crippen LogP contribution in [0, 0.1) is 0 Å². The summed E-state index contributed by atoms with van der Waals surface area (Å²) in [6, 6.07) is 1.41. The molecular formula is C8H9F4N3O. The van der Waals surface area contributed by atoms with Crippen LogP contribution in [0.25, 0.3) is 0 Å². The fraction of sp³-hybridized carbons (Fsp3) is 0.500. The van der Waals surface area contributed by atoms with Gasteiger partial charge in [0, 0.05) is 12.1 Å². The SMILES string of the molecule is NCc1ccnnc1OCC(F)(F)C(F)F. The molecule has 1 heterocycles. The van der Waals surface area contributed by atoms with Gasteiger partial charge in [-0.05, 0) is 6.07 Å². The Balaban J connectivity index is 2.67. The van der Waals surface area contributed by atoms with Gasteiger partial charge < -0.3 is 10.5 Å². The molecule has 8 heteroatoms. The molecular weight excluding hydrogens is 230 g/mol. The molecule has 0 aliphatic heterocycles. The summed E-state index contributed by atoms with van der Waals surface area (Å²) in [5, 5.41) is 6.76.